The standard InChI is InChI=1S/C17H21FN6O3S/c1-5-14-21-23-24(22-14)12-7-10-13(6-9(12)18)28-8-11(15(25)19-10)20-16(26)27-17(2,3)4/h6-7,11H,5,8H2,1-4H3,(H,19,25)(H,20,26)/t11-/m0/s1. The van der Waals surface area contributed by atoms with Crippen LogP contribution in [-0.4, -0.2) is 49.6 Å². The van der Waals surface area contributed by atoms with Crippen molar-refractivity contribution in [3.8, 4) is 5.69 Å². The van der Waals surface area contributed by atoms with Crippen molar-refractivity contribution in [2.45, 2.75) is 50.7 Å². The molecule has 0 unspecified atom stereocenters. The molecule has 1 aromatic carbocycles. The van der Waals surface area contributed by atoms with Crippen molar-refractivity contribution in [1.29, 1.82) is 0 Å². The Morgan fingerprint density at radius 3 is 2.86 bits per heavy atom. The van der Waals surface area contributed by atoms with E-state index in [1.165, 1.54) is 23.9 Å². The highest BCUT2D eigenvalue weighted by molar-refractivity contribution is 7.99. The van der Waals surface area contributed by atoms with Crippen LogP contribution in [0.3, 0.4) is 0 Å². The van der Waals surface area contributed by atoms with E-state index in [-0.39, 0.29) is 11.4 Å². The number of aryl methyl sites for hydroxylation is 1. The average molecular weight is 408 g/mol. The van der Waals surface area contributed by atoms with Crippen LogP contribution >= 0.6 is 11.8 Å². The van der Waals surface area contributed by atoms with Crippen molar-refractivity contribution >= 4 is 29.4 Å². The van der Waals surface area contributed by atoms with Gasteiger partial charge >= 0.3 is 6.09 Å². The molecule has 1 aliphatic heterocycles. The van der Waals surface area contributed by atoms with Gasteiger partial charge in [0, 0.05) is 17.1 Å². The van der Waals surface area contributed by atoms with Gasteiger partial charge in [0.15, 0.2) is 11.6 Å². The molecule has 9 nitrogen and oxygen atoms in total. The molecule has 11 heteroatoms. The van der Waals surface area contributed by atoms with Gasteiger partial charge in [-0.05, 0) is 38.1 Å². The number of nitrogens with zero attached hydrogens (tertiary/aromatic N) is 4. The Labute approximate surface area is 165 Å². The van der Waals surface area contributed by atoms with E-state index in [0.717, 1.165) is 4.80 Å². The van der Waals surface area contributed by atoms with E-state index in [4.69, 9.17) is 4.74 Å². The number of nitrogens with one attached hydrogen (secondary N) is 2. The van der Waals surface area contributed by atoms with Crippen molar-refractivity contribution < 1.29 is 18.7 Å². The number of aromatic nitrogens is 4. The van der Waals surface area contributed by atoms with Gasteiger partial charge in [0.25, 0.3) is 0 Å². The number of rotatable bonds is 3. The zero-order valence-electron chi connectivity index (χ0n) is 15.9. The van der Waals surface area contributed by atoms with E-state index >= 15 is 0 Å². The summed E-state index contributed by atoms with van der Waals surface area (Å²) < 4.78 is 19.7. The first-order valence-electron chi connectivity index (χ1n) is 8.72. The van der Waals surface area contributed by atoms with Crippen LogP contribution in [0.5, 0.6) is 0 Å². The summed E-state index contributed by atoms with van der Waals surface area (Å²) in [5, 5.41) is 17.0. The highest BCUT2D eigenvalue weighted by Gasteiger charge is 2.29. The lowest BCUT2D eigenvalue weighted by molar-refractivity contribution is -0.117. The summed E-state index contributed by atoms with van der Waals surface area (Å²) in [5.74, 6) is -0.248. The molecule has 2 N–H and O–H groups in total. The molecule has 0 fully saturated rings. The van der Waals surface area contributed by atoms with Gasteiger partial charge in [-0.3, -0.25) is 4.79 Å². The van der Waals surface area contributed by atoms with Crippen molar-refractivity contribution in [1.82, 2.24) is 25.5 Å². The number of tetrazole rings is 1. The lowest BCUT2D eigenvalue weighted by Crippen LogP contribution is -2.46. The third-order valence-electron chi connectivity index (χ3n) is 3.71. The topological polar surface area (TPSA) is 111 Å². The van der Waals surface area contributed by atoms with Crippen molar-refractivity contribution in [3.63, 3.8) is 0 Å². The SMILES string of the molecule is CCc1nnn(-c2cc3c(cc2F)SC[C@H](NC(=O)OC(C)(C)C)C(=O)N3)n1. The molecule has 1 aliphatic rings. The van der Waals surface area contributed by atoms with Crippen molar-refractivity contribution in [2.24, 2.45) is 0 Å². The van der Waals surface area contributed by atoms with E-state index in [2.05, 4.69) is 26.0 Å². The van der Waals surface area contributed by atoms with Crippen LogP contribution in [0.15, 0.2) is 17.0 Å². The highest BCUT2D eigenvalue weighted by atomic mass is 32.2. The second kappa shape index (κ2) is 7.74. The first kappa shape index (κ1) is 20.1. The summed E-state index contributed by atoms with van der Waals surface area (Å²) in [6.45, 7) is 7.06. The minimum Gasteiger partial charge on any atom is -0.444 e. The summed E-state index contributed by atoms with van der Waals surface area (Å²) in [4.78, 5) is 26.1. The number of ether oxygens (including phenoxy) is 1. The second-order valence-corrected chi connectivity index (χ2v) is 8.21. The number of carbonyl (C=O) groups is 2. The maximum absolute atomic E-state index is 14.6. The maximum Gasteiger partial charge on any atom is 0.408 e. The first-order chi connectivity index (χ1) is 13.2. The predicted molar refractivity (Wildman–Crippen MR) is 101 cm³/mol. The zero-order chi connectivity index (χ0) is 20.5. The van der Waals surface area contributed by atoms with E-state index in [9.17, 15) is 14.0 Å². The van der Waals surface area contributed by atoms with Crippen LogP contribution in [0.25, 0.3) is 5.69 Å². The van der Waals surface area contributed by atoms with Crippen LogP contribution in [0.2, 0.25) is 0 Å². The molecule has 0 aliphatic carbocycles. The summed E-state index contributed by atoms with van der Waals surface area (Å²) >= 11 is 1.25. The van der Waals surface area contributed by atoms with Gasteiger partial charge in [-0.25, -0.2) is 9.18 Å². The largest absolute Gasteiger partial charge is 0.444 e. The van der Waals surface area contributed by atoms with Crippen molar-refractivity contribution in [3.05, 3.63) is 23.8 Å². The van der Waals surface area contributed by atoms with Crippen LogP contribution in [0.4, 0.5) is 14.9 Å². The minimum atomic E-state index is -0.824. The fourth-order valence-electron chi connectivity index (χ4n) is 2.43. The Balaban J connectivity index is 1.80. The molecular weight excluding hydrogens is 387 g/mol. The number of hydrogen-bond acceptors (Lipinski definition) is 7. The third kappa shape index (κ3) is 4.58. The molecule has 2 heterocycles. The number of anilines is 1. The lowest BCUT2D eigenvalue weighted by Gasteiger charge is -2.22. The third-order valence-corrected chi connectivity index (χ3v) is 4.86. The molecule has 0 radical (unpaired) electrons. The van der Waals surface area contributed by atoms with E-state index in [1.54, 1.807) is 20.8 Å². The smallest absolute Gasteiger partial charge is 0.408 e. The summed E-state index contributed by atoms with van der Waals surface area (Å²) in [6, 6.07) is 1.93. The lowest BCUT2D eigenvalue weighted by atomic mass is 10.2. The molecule has 150 valence electrons. The molecule has 0 bridgehead atoms. The van der Waals surface area contributed by atoms with Gasteiger partial charge in [0.1, 0.15) is 17.3 Å². The molecule has 0 saturated carbocycles. The van der Waals surface area contributed by atoms with E-state index in [1.807, 2.05) is 6.92 Å². The molecule has 28 heavy (non-hydrogen) atoms. The number of alkyl carbamates (subject to hydrolysis) is 1. The number of halogens is 1. The normalized spacial score (nSPS) is 16.8. The molecule has 2 amide bonds. The second-order valence-electron chi connectivity index (χ2n) is 7.15. The molecular formula is C17H21FN6O3S. The Bertz CT molecular complexity index is 911. The highest BCUT2D eigenvalue weighted by Crippen LogP contribution is 2.34. The van der Waals surface area contributed by atoms with Gasteiger partial charge in [0.2, 0.25) is 5.91 Å². The van der Waals surface area contributed by atoms with Crippen LogP contribution in [-0.2, 0) is 16.0 Å². The number of amides is 2. The molecule has 3 rings (SSSR count). The molecule has 2 aromatic rings. The Hall–Kier alpha value is -2.69. The Morgan fingerprint density at radius 2 is 2.21 bits per heavy atom. The predicted octanol–water partition coefficient (Wildman–Crippen LogP) is 2.30. The zero-order valence-corrected chi connectivity index (χ0v) is 16.8. The van der Waals surface area contributed by atoms with Gasteiger partial charge in [-0.1, -0.05) is 6.92 Å². The van der Waals surface area contributed by atoms with Gasteiger partial charge < -0.3 is 15.4 Å². The van der Waals surface area contributed by atoms with Gasteiger partial charge in [-0.2, -0.15) is 0 Å². The number of fused-ring (bicyclic) bond motifs is 1. The fraction of sp³-hybridized carbons (Fsp3) is 0.471. The van der Waals surface area contributed by atoms with Crippen molar-refractivity contribution in [2.75, 3.05) is 11.1 Å². The van der Waals surface area contributed by atoms with Gasteiger partial charge in [-0.15, -0.1) is 26.8 Å². The Kier molecular flexibility index (Phi) is 5.54. The quantitative estimate of drug-likeness (QED) is 0.802. The van der Waals surface area contributed by atoms with Crippen LogP contribution in [0.1, 0.15) is 33.5 Å². The molecule has 1 atom stereocenters. The molecule has 0 saturated heterocycles. The van der Waals surface area contributed by atoms with Crippen LogP contribution < -0.4 is 10.6 Å². The Morgan fingerprint density at radius 1 is 1.46 bits per heavy atom. The minimum absolute atomic E-state index is 0.0744. The molecule has 1 aromatic heterocycles. The summed E-state index contributed by atoms with van der Waals surface area (Å²) in [6.07, 6.45) is -0.123. The number of thioether (sulfide) groups is 1. The average Bonchev–Trinajstić information content (AvgIpc) is 3.01. The summed E-state index contributed by atoms with van der Waals surface area (Å²) in [5.41, 5.74) is -0.192. The molecule has 0 spiro atoms. The number of hydrogen-bond donors (Lipinski definition) is 2. The van der Waals surface area contributed by atoms with Gasteiger partial charge in [0.05, 0.1) is 5.69 Å². The monoisotopic (exact) mass is 408 g/mol. The fourth-order valence-corrected chi connectivity index (χ4v) is 3.46. The number of benzene rings is 1. The van der Waals surface area contributed by atoms with Crippen LogP contribution in [0, 0.1) is 5.82 Å². The summed E-state index contributed by atoms with van der Waals surface area (Å²) in [7, 11) is 0. The van der Waals surface area contributed by atoms with E-state index < -0.39 is 29.5 Å². The first-order valence-corrected chi connectivity index (χ1v) is 9.71. The number of carbonyl (C=O) groups excluding carboxylic acids is 2. The van der Waals surface area contributed by atoms with E-state index in [0.29, 0.717) is 22.8 Å². The maximum atomic E-state index is 14.6.